The van der Waals surface area contributed by atoms with Gasteiger partial charge in [0.2, 0.25) is 11.1 Å². The van der Waals surface area contributed by atoms with Crippen molar-refractivity contribution in [1.82, 2.24) is 20.2 Å². The zero-order valence-corrected chi connectivity index (χ0v) is 16.7. The number of amides is 1. The molecule has 0 saturated heterocycles. The smallest absolute Gasteiger partial charge is 0.236 e. The Morgan fingerprint density at radius 3 is 2.96 bits per heavy atom. The van der Waals surface area contributed by atoms with Crippen LogP contribution in [0.4, 0.5) is 5.82 Å². The van der Waals surface area contributed by atoms with Crippen molar-refractivity contribution in [3.8, 4) is 17.1 Å². The largest absolute Gasteiger partial charge is 0.496 e. The van der Waals surface area contributed by atoms with Gasteiger partial charge in [-0.1, -0.05) is 23.4 Å². The average Bonchev–Trinajstić information content (AvgIpc) is 3.11. The van der Waals surface area contributed by atoms with E-state index in [1.54, 1.807) is 43.6 Å². The highest BCUT2D eigenvalue weighted by molar-refractivity contribution is 9.10. The molecule has 1 aromatic carbocycles. The molecule has 0 aliphatic rings. The average molecular weight is 455 g/mol. The molecule has 0 saturated carbocycles. The van der Waals surface area contributed by atoms with E-state index in [4.69, 9.17) is 16.3 Å². The molecule has 0 spiro atoms. The van der Waals surface area contributed by atoms with E-state index >= 15 is 0 Å². The highest BCUT2D eigenvalue weighted by Crippen LogP contribution is 2.31. The van der Waals surface area contributed by atoms with Gasteiger partial charge in [0.15, 0.2) is 5.82 Å². The van der Waals surface area contributed by atoms with Crippen LogP contribution in [-0.2, 0) is 4.79 Å². The number of nitrogens with zero attached hydrogens (tertiary/aromatic N) is 3. The minimum absolute atomic E-state index is 0.154. The van der Waals surface area contributed by atoms with Crippen LogP contribution >= 0.6 is 39.3 Å². The molecule has 2 N–H and O–H groups in total. The van der Waals surface area contributed by atoms with Gasteiger partial charge < -0.3 is 10.1 Å². The van der Waals surface area contributed by atoms with Crippen LogP contribution in [0, 0.1) is 0 Å². The summed E-state index contributed by atoms with van der Waals surface area (Å²) in [4.78, 5) is 20.5. The first-order valence-corrected chi connectivity index (χ1v) is 9.51. The van der Waals surface area contributed by atoms with Gasteiger partial charge in [-0.05, 0) is 46.3 Å². The number of aromatic amines is 1. The number of thioether (sulfide) groups is 1. The van der Waals surface area contributed by atoms with Gasteiger partial charge >= 0.3 is 0 Å². The van der Waals surface area contributed by atoms with Crippen LogP contribution in [-0.4, -0.2) is 38.9 Å². The Morgan fingerprint density at radius 2 is 2.23 bits per heavy atom. The monoisotopic (exact) mass is 453 g/mol. The summed E-state index contributed by atoms with van der Waals surface area (Å²) in [5.74, 6) is 1.58. The van der Waals surface area contributed by atoms with Crippen LogP contribution in [0.5, 0.6) is 5.75 Å². The first-order valence-electron chi connectivity index (χ1n) is 7.35. The van der Waals surface area contributed by atoms with Gasteiger partial charge in [-0.3, -0.25) is 9.89 Å². The van der Waals surface area contributed by atoms with Gasteiger partial charge in [-0.15, -0.1) is 5.10 Å². The molecule has 1 amide bonds. The van der Waals surface area contributed by atoms with Gasteiger partial charge in [0.1, 0.15) is 11.6 Å². The van der Waals surface area contributed by atoms with E-state index in [0.29, 0.717) is 33.1 Å². The third-order valence-electron chi connectivity index (χ3n) is 3.21. The summed E-state index contributed by atoms with van der Waals surface area (Å²) in [5.41, 5.74) is 0.697. The molecule has 2 aromatic heterocycles. The quantitative estimate of drug-likeness (QED) is 0.547. The van der Waals surface area contributed by atoms with Crippen molar-refractivity contribution in [2.45, 2.75) is 5.16 Å². The Hall–Kier alpha value is -2.10. The molecule has 0 aliphatic heterocycles. The van der Waals surface area contributed by atoms with E-state index in [0.717, 1.165) is 4.47 Å². The molecular formula is C16H13BrClN5O2S. The summed E-state index contributed by atoms with van der Waals surface area (Å²) in [6.07, 6.45) is 1.61. The molecule has 0 aliphatic carbocycles. The Labute approximate surface area is 167 Å². The fourth-order valence-corrected chi connectivity index (χ4v) is 3.06. The van der Waals surface area contributed by atoms with E-state index < -0.39 is 0 Å². The third kappa shape index (κ3) is 4.75. The molecule has 0 atom stereocenters. The van der Waals surface area contributed by atoms with Gasteiger partial charge in [0, 0.05) is 15.7 Å². The van der Waals surface area contributed by atoms with Crippen LogP contribution in [0.25, 0.3) is 11.4 Å². The number of hydrogen-bond acceptors (Lipinski definition) is 6. The number of H-pyrrole nitrogens is 1. The zero-order valence-electron chi connectivity index (χ0n) is 13.5. The Bertz CT molecular complexity index is 919. The molecule has 0 fully saturated rings. The molecule has 0 unspecified atom stereocenters. The molecule has 0 radical (unpaired) electrons. The van der Waals surface area contributed by atoms with Crippen LogP contribution in [0.2, 0.25) is 5.02 Å². The number of aromatic nitrogens is 4. The molecule has 2 heterocycles. The van der Waals surface area contributed by atoms with Crippen LogP contribution in [0.1, 0.15) is 0 Å². The van der Waals surface area contributed by atoms with Crippen molar-refractivity contribution < 1.29 is 9.53 Å². The number of nitrogens with one attached hydrogen (secondary N) is 2. The van der Waals surface area contributed by atoms with E-state index in [1.807, 2.05) is 0 Å². The number of methoxy groups -OCH3 is 1. The highest BCUT2D eigenvalue weighted by atomic mass is 79.9. The summed E-state index contributed by atoms with van der Waals surface area (Å²) in [5, 5.41) is 10.7. The van der Waals surface area contributed by atoms with Gasteiger partial charge in [0.25, 0.3) is 0 Å². The number of ether oxygens (including phenoxy) is 1. The molecule has 3 aromatic rings. The number of halogens is 2. The van der Waals surface area contributed by atoms with E-state index in [-0.39, 0.29) is 11.7 Å². The van der Waals surface area contributed by atoms with Crippen LogP contribution < -0.4 is 10.1 Å². The lowest BCUT2D eigenvalue weighted by molar-refractivity contribution is -0.113. The summed E-state index contributed by atoms with van der Waals surface area (Å²) in [7, 11) is 1.57. The van der Waals surface area contributed by atoms with Gasteiger partial charge in [0.05, 0.1) is 18.4 Å². The van der Waals surface area contributed by atoms with Crippen molar-refractivity contribution in [2.24, 2.45) is 0 Å². The van der Waals surface area contributed by atoms with Gasteiger partial charge in [-0.25, -0.2) is 9.97 Å². The maximum absolute atomic E-state index is 12.0. The third-order valence-corrected chi connectivity index (χ3v) is 4.76. The minimum atomic E-state index is -0.198. The molecule has 134 valence electrons. The molecule has 26 heavy (non-hydrogen) atoms. The summed E-state index contributed by atoms with van der Waals surface area (Å²) in [6.45, 7) is 0. The van der Waals surface area contributed by atoms with Crippen LogP contribution in [0.3, 0.4) is 0 Å². The molecule has 10 heteroatoms. The fourth-order valence-electron chi connectivity index (χ4n) is 2.06. The van der Waals surface area contributed by atoms with Crippen LogP contribution in [0.15, 0.2) is 46.2 Å². The van der Waals surface area contributed by atoms with Crippen molar-refractivity contribution in [3.05, 3.63) is 46.0 Å². The van der Waals surface area contributed by atoms with E-state index in [1.165, 1.54) is 11.8 Å². The maximum Gasteiger partial charge on any atom is 0.236 e. The number of benzene rings is 1. The zero-order chi connectivity index (χ0) is 18.5. The standard InChI is InChI=1S/C16H13BrClN5O2S/c1-25-12-4-3-10(18)6-11(12)15-21-16(23-22-15)26-8-14(24)20-13-5-2-9(17)7-19-13/h2-7H,8H2,1H3,(H,19,20,24)(H,21,22,23). The Kier molecular flexibility index (Phi) is 6.12. The topological polar surface area (TPSA) is 92.8 Å². The number of anilines is 1. The minimum Gasteiger partial charge on any atom is -0.496 e. The van der Waals surface area contributed by atoms with Crippen molar-refractivity contribution in [2.75, 3.05) is 18.2 Å². The second-order valence-electron chi connectivity index (χ2n) is 5.01. The first kappa shape index (κ1) is 18.7. The maximum atomic E-state index is 12.0. The van der Waals surface area contributed by atoms with Gasteiger partial charge in [-0.2, -0.15) is 0 Å². The summed E-state index contributed by atoms with van der Waals surface area (Å²) in [6, 6.07) is 8.74. The van der Waals surface area contributed by atoms with Crippen molar-refractivity contribution >= 4 is 51.0 Å². The summed E-state index contributed by atoms with van der Waals surface area (Å²) < 4.78 is 6.15. The van der Waals surface area contributed by atoms with Crippen molar-refractivity contribution in [1.29, 1.82) is 0 Å². The Morgan fingerprint density at radius 1 is 1.38 bits per heavy atom. The predicted molar refractivity (Wildman–Crippen MR) is 105 cm³/mol. The number of rotatable bonds is 6. The summed E-state index contributed by atoms with van der Waals surface area (Å²) >= 11 is 10.5. The van der Waals surface area contributed by atoms with Crippen molar-refractivity contribution in [3.63, 3.8) is 0 Å². The van der Waals surface area contributed by atoms with E-state index in [9.17, 15) is 4.79 Å². The lowest BCUT2D eigenvalue weighted by Gasteiger charge is -2.05. The molecule has 7 nitrogen and oxygen atoms in total. The number of carbonyl (C=O) groups excluding carboxylic acids is 1. The number of pyridine rings is 1. The molecule has 3 rings (SSSR count). The normalized spacial score (nSPS) is 10.6. The number of hydrogen-bond donors (Lipinski definition) is 2. The first-order chi connectivity index (χ1) is 12.5. The Balaban J connectivity index is 1.63. The fraction of sp³-hybridized carbons (Fsp3) is 0.125. The highest BCUT2D eigenvalue weighted by Gasteiger charge is 2.13. The lowest BCUT2D eigenvalue weighted by atomic mass is 10.2. The lowest BCUT2D eigenvalue weighted by Crippen LogP contribution is -2.14. The predicted octanol–water partition coefficient (Wildman–Crippen LogP) is 4.02. The molecule has 0 bridgehead atoms. The molecular weight excluding hydrogens is 442 g/mol. The second-order valence-corrected chi connectivity index (χ2v) is 7.30. The van der Waals surface area contributed by atoms with E-state index in [2.05, 4.69) is 41.4 Å². The number of carbonyl (C=O) groups is 1. The SMILES string of the molecule is COc1ccc(Cl)cc1-c1nc(SCC(=O)Nc2ccc(Br)cn2)n[nH]1. The second kappa shape index (κ2) is 8.52.